The van der Waals surface area contributed by atoms with Gasteiger partial charge in [0.2, 0.25) is 0 Å². The van der Waals surface area contributed by atoms with Crippen molar-refractivity contribution in [2.24, 2.45) is 0 Å². The van der Waals surface area contributed by atoms with Gasteiger partial charge in [-0.1, -0.05) is 6.08 Å². The van der Waals surface area contributed by atoms with Crippen LogP contribution in [-0.2, 0) is 0 Å². The highest BCUT2D eigenvalue weighted by atomic mass is 32.1. The molecule has 0 aliphatic carbocycles. The van der Waals surface area contributed by atoms with Crippen LogP contribution in [0.5, 0.6) is 0 Å². The second-order valence-corrected chi connectivity index (χ2v) is 3.22. The molecule has 0 spiro atoms. The molecule has 0 saturated carbocycles. The summed E-state index contributed by atoms with van der Waals surface area (Å²) in [4.78, 5) is 11.3. The number of nitriles is 1. The summed E-state index contributed by atoms with van der Waals surface area (Å²) in [5.41, 5.74) is 0.291. The molecule has 1 N–H and O–H groups in total. The zero-order chi connectivity index (χ0) is 9.68. The number of carboxylic acids is 1. The van der Waals surface area contributed by atoms with Gasteiger partial charge in [-0.3, -0.25) is 0 Å². The second-order valence-electron chi connectivity index (χ2n) is 2.27. The number of hydrogen-bond donors (Lipinski definition) is 1. The van der Waals surface area contributed by atoms with Gasteiger partial charge in [0.15, 0.2) is 0 Å². The van der Waals surface area contributed by atoms with Gasteiger partial charge < -0.3 is 5.11 Å². The van der Waals surface area contributed by atoms with Crippen LogP contribution in [0.25, 0.3) is 6.08 Å². The highest BCUT2D eigenvalue weighted by Crippen LogP contribution is 2.18. The Morgan fingerprint density at radius 2 is 2.54 bits per heavy atom. The maximum atomic E-state index is 10.6. The summed E-state index contributed by atoms with van der Waals surface area (Å²) >= 11 is 1.35. The Balaban J connectivity index is 2.83. The van der Waals surface area contributed by atoms with E-state index in [1.165, 1.54) is 11.3 Å². The Bertz CT molecular complexity index is 373. The predicted octanol–water partition coefficient (Wildman–Crippen LogP) is 2.37. The first-order valence-corrected chi connectivity index (χ1v) is 4.48. The lowest BCUT2D eigenvalue weighted by Gasteiger charge is -1.89. The maximum absolute atomic E-state index is 10.6. The van der Waals surface area contributed by atoms with Crippen molar-refractivity contribution in [1.82, 2.24) is 0 Å². The quantitative estimate of drug-likeness (QED) is 0.801. The summed E-state index contributed by atoms with van der Waals surface area (Å²) in [6.07, 6.45) is 3.62. The van der Waals surface area contributed by atoms with E-state index in [1.54, 1.807) is 23.6 Å². The Hall–Kier alpha value is -1.60. The molecule has 1 aromatic heterocycles. The minimum Gasteiger partial charge on any atom is -0.478 e. The Morgan fingerprint density at radius 1 is 1.77 bits per heavy atom. The lowest BCUT2D eigenvalue weighted by atomic mass is 10.2. The van der Waals surface area contributed by atoms with Crippen molar-refractivity contribution in [3.05, 3.63) is 28.0 Å². The predicted molar refractivity (Wildman–Crippen MR) is 50.5 cm³/mol. The lowest BCUT2D eigenvalue weighted by molar-refractivity contribution is 0.0697. The Labute approximate surface area is 79.6 Å². The Morgan fingerprint density at radius 3 is 3.15 bits per heavy atom. The van der Waals surface area contributed by atoms with Crippen LogP contribution in [0.4, 0.5) is 0 Å². The van der Waals surface area contributed by atoms with Crippen LogP contribution in [0.2, 0.25) is 0 Å². The van der Waals surface area contributed by atoms with E-state index in [0.717, 1.165) is 0 Å². The van der Waals surface area contributed by atoms with E-state index in [-0.39, 0.29) is 0 Å². The van der Waals surface area contributed by atoms with Crippen molar-refractivity contribution in [3.63, 3.8) is 0 Å². The van der Waals surface area contributed by atoms with Crippen LogP contribution in [-0.4, -0.2) is 11.1 Å². The molecule has 13 heavy (non-hydrogen) atoms. The van der Waals surface area contributed by atoms with Gasteiger partial charge in [-0.05, 0) is 17.5 Å². The number of carbonyl (C=O) groups is 1. The molecule has 0 radical (unpaired) electrons. The van der Waals surface area contributed by atoms with Gasteiger partial charge in [-0.2, -0.15) is 5.26 Å². The molecular weight excluding hydrogens is 186 g/mol. The van der Waals surface area contributed by atoms with Crippen LogP contribution >= 0.6 is 11.3 Å². The smallest absolute Gasteiger partial charge is 0.337 e. The maximum Gasteiger partial charge on any atom is 0.337 e. The lowest BCUT2D eigenvalue weighted by Crippen LogP contribution is -1.94. The highest BCUT2D eigenvalue weighted by molar-refractivity contribution is 7.11. The van der Waals surface area contributed by atoms with Crippen LogP contribution in [0.1, 0.15) is 21.7 Å². The number of aromatic carboxylic acids is 1. The van der Waals surface area contributed by atoms with E-state index in [2.05, 4.69) is 0 Å². The van der Waals surface area contributed by atoms with E-state index < -0.39 is 5.97 Å². The molecule has 0 fully saturated rings. The third-order valence-electron chi connectivity index (χ3n) is 1.40. The van der Waals surface area contributed by atoms with Crippen molar-refractivity contribution in [1.29, 1.82) is 5.26 Å². The molecule has 0 saturated heterocycles. The number of hydrogen-bond acceptors (Lipinski definition) is 3. The zero-order valence-corrected chi connectivity index (χ0v) is 7.54. The number of rotatable bonds is 3. The third kappa shape index (κ3) is 2.42. The van der Waals surface area contributed by atoms with Gasteiger partial charge in [0.25, 0.3) is 0 Å². The SMILES string of the molecule is N#CCC=Cc1sccc1C(=O)O. The molecule has 0 unspecified atom stereocenters. The monoisotopic (exact) mass is 193 g/mol. The number of allylic oxidation sites excluding steroid dienone is 1. The summed E-state index contributed by atoms with van der Waals surface area (Å²) in [5, 5.41) is 18.7. The summed E-state index contributed by atoms with van der Waals surface area (Å²) in [6, 6.07) is 3.50. The topological polar surface area (TPSA) is 61.1 Å². The van der Waals surface area contributed by atoms with Crippen molar-refractivity contribution in [2.75, 3.05) is 0 Å². The van der Waals surface area contributed by atoms with E-state index in [1.807, 2.05) is 6.07 Å². The minimum atomic E-state index is -0.933. The van der Waals surface area contributed by atoms with E-state index >= 15 is 0 Å². The van der Waals surface area contributed by atoms with Gasteiger partial charge in [-0.15, -0.1) is 11.3 Å². The highest BCUT2D eigenvalue weighted by Gasteiger charge is 2.07. The van der Waals surface area contributed by atoms with Gasteiger partial charge in [0, 0.05) is 4.88 Å². The number of nitrogens with zero attached hydrogens (tertiary/aromatic N) is 1. The van der Waals surface area contributed by atoms with Crippen molar-refractivity contribution in [3.8, 4) is 6.07 Å². The molecule has 66 valence electrons. The van der Waals surface area contributed by atoms with Gasteiger partial charge in [-0.25, -0.2) is 4.79 Å². The number of thiophene rings is 1. The van der Waals surface area contributed by atoms with Gasteiger partial charge >= 0.3 is 5.97 Å². The average Bonchev–Trinajstić information content (AvgIpc) is 2.53. The normalized spacial score (nSPS) is 10.1. The van der Waals surface area contributed by atoms with Crippen LogP contribution in [0.15, 0.2) is 17.5 Å². The molecule has 4 heteroatoms. The fourth-order valence-electron chi connectivity index (χ4n) is 0.845. The van der Waals surface area contributed by atoms with Gasteiger partial charge in [0.05, 0.1) is 18.1 Å². The summed E-state index contributed by atoms with van der Waals surface area (Å²) in [5.74, 6) is -0.933. The molecule has 1 rings (SSSR count). The average molecular weight is 193 g/mol. The summed E-state index contributed by atoms with van der Waals surface area (Å²) in [7, 11) is 0. The third-order valence-corrected chi connectivity index (χ3v) is 2.29. The van der Waals surface area contributed by atoms with E-state index in [0.29, 0.717) is 16.9 Å². The van der Waals surface area contributed by atoms with E-state index in [4.69, 9.17) is 10.4 Å². The molecule has 0 amide bonds. The fraction of sp³-hybridized carbons (Fsp3) is 0.111. The molecule has 1 heterocycles. The molecule has 0 aliphatic rings. The van der Waals surface area contributed by atoms with Crippen molar-refractivity contribution in [2.45, 2.75) is 6.42 Å². The standard InChI is InChI=1S/C9H7NO2S/c10-5-2-1-3-8-7(9(11)12)4-6-13-8/h1,3-4,6H,2H2,(H,11,12). The van der Waals surface area contributed by atoms with Crippen molar-refractivity contribution < 1.29 is 9.90 Å². The summed E-state index contributed by atoms with van der Waals surface area (Å²) < 4.78 is 0. The van der Waals surface area contributed by atoms with E-state index in [9.17, 15) is 4.79 Å². The van der Waals surface area contributed by atoms with Crippen LogP contribution in [0, 0.1) is 11.3 Å². The largest absolute Gasteiger partial charge is 0.478 e. The first-order chi connectivity index (χ1) is 6.25. The molecule has 0 aliphatic heterocycles. The fourth-order valence-corrected chi connectivity index (χ4v) is 1.65. The zero-order valence-electron chi connectivity index (χ0n) is 6.73. The molecule has 3 nitrogen and oxygen atoms in total. The Kier molecular flexibility index (Phi) is 3.23. The molecule has 0 aromatic carbocycles. The van der Waals surface area contributed by atoms with Crippen molar-refractivity contribution >= 4 is 23.4 Å². The molecule has 0 bridgehead atoms. The molecular formula is C9H7NO2S. The number of carboxylic acid groups (broad SMARTS) is 1. The first-order valence-electron chi connectivity index (χ1n) is 3.60. The molecule has 0 atom stereocenters. The van der Waals surface area contributed by atoms with Crippen LogP contribution < -0.4 is 0 Å². The second kappa shape index (κ2) is 4.43. The van der Waals surface area contributed by atoms with Crippen LogP contribution in [0.3, 0.4) is 0 Å². The van der Waals surface area contributed by atoms with Gasteiger partial charge in [0.1, 0.15) is 0 Å². The first kappa shape index (κ1) is 9.49. The minimum absolute atomic E-state index is 0.291. The molecule has 1 aromatic rings. The summed E-state index contributed by atoms with van der Waals surface area (Å²) in [6.45, 7) is 0.